The molecule has 0 saturated heterocycles. The van der Waals surface area contributed by atoms with Gasteiger partial charge in [-0.2, -0.15) is 0 Å². The van der Waals surface area contributed by atoms with Gasteiger partial charge in [0.25, 0.3) is 0 Å². The topological polar surface area (TPSA) is 73.6 Å². The molecular weight excluding hydrogens is 268 g/mol. The lowest BCUT2D eigenvalue weighted by atomic mass is 10.2. The summed E-state index contributed by atoms with van der Waals surface area (Å²) in [5.74, 6) is 1.20. The lowest BCUT2D eigenvalue weighted by Crippen LogP contribution is -2.40. The maximum absolute atomic E-state index is 12.1. The van der Waals surface area contributed by atoms with Crippen molar-refractivity contribution in [2.45, 2.75) is 6.10 Å². The zero-order valence-corrected chi connectivity index (χ0v) is 11.4. The second kappa shape index (κ2) is 5.75. The number of benzene rings is 2. The van der Waals surface area contributed by atoms with Crippen molar-refractivity contribution >= 4 is 17.2 Å². The van der Waals surface area contributed by atoms with Crippen molar-refractivity contribution in [3.63, 3.8) is 0 Å². The van der Waals surface area contributed by atoms with E-state index in [4.69, 9.17) is 15.2 Å². The van der Waals surface area contributed by atoms with Crippen LogP contribution >= 0.6 is 0 Å². The number of rotatable bonds is 4. The SMILES string of the molecule is Nc1ccc(OCC(=O)C2CNc3ccccc3O2)cc1. The Labute approximate surface area is 122 Å². The van der Waals surface area contributed by atoms with Gasteiger partial charge in [-0.1, -0.05) is 12.1 Å². The lowest BCUT2D eigenvalue weighted by Gasteiger charge is -2.26. The van der Waals surface area contributed by atoms with Crippen molar-refractivity contribution in [3.8, 4) is 11.5 Å². The van der Waals surface area contributed by atoms with E-state index >= 15 is 0 Å². The number of anilines is 2. The molecule has 1 atom stereocenters. The van der Waals surface area contributed by atoms with Crippen LogP contribution in [0.3, 0.4) is 0 Å². The van der Waals surface area contributed by atoms with E-state index in [9.17, 15) is 4.79 Å². The highest BCUT2D eigenvalue weighted by atomic mass is 16.5. The summed E-state index contributed by atoms with van der Waals surface area (Å²) in [6.07, 6.45) is -0.534. The number of nitrogens with one attached hydrogen (secondary N) is 1. The summed E-state index contributed by atoms with van der Waals surface area (Å²) in [6, 6.07) is 14.5. The molecule has 0 fully saturated rings. The number of hydrogen-bond donors (Lipinski definition) is 2. The number of hydrogen-bond acceptors (Lipinski definition) is 5. The molecule has 108 valence electrons. The molecule has 0 radical (unpaired) electrons. The van der Waals surface area contributed by atoms with Crippen molar-refractivity contribution in [2.75, 3.05) is 24.2 Å². The number of fused-ring (bicyclic) bond motifs is 1. The molecule has 3 rings (SSSR count). The number of para-hydroxylation sites is 2. The van der Waals surface area contributed by atoms with Crippen LogP contribution in [-0.2, 0) is 4.79 Å². The molecule has 21 heavy (non-hydrogen) atoms. The first-order valence-electron chi connectivity index (χ1n) is 6.73. The van der Waals surface area contributed by atoms with E-state index in [1.807, 2.05) is 24.3 Å². The van der Waals surface area contributed by atoms with Gasteiger partial charge in [-0.25, -0.2) is 0 Å². The van der Waals surface area contributed by atoms with E-state index in [0.717, 1.165) is 5.69 Å². The first-order valence-corrected chi connectivity index (χ1v) is 6.73. The molecule has 1 heterocycles. The lowest BCUT2D eigenvalue weighted by molar-refractivity contribution is -0.127. The van der Waals surface area contributed by atoms with Gasteiger partial charge in [-0.05, 0) is 36.4 Å². The van der Waals surface area contributed by atoms with Crippen LogP contribution in [0.4, 0.5) is 11.4 Å². The molecule has 1 unspecified atom stereocenters. The van der Waals surface area contributed by atoms with E-state index in [1.165, 1.54) is 0 Å². The van der Waals surface area contributed by atoms with Crippen molar-refractivity contribution in [1.82, 2.24) is 0 Å². The van der Waals surface area contributed by atoms with Gasteiger partial charge in [-0.3, -0.25) is 4.79 Å². The van der Waals surface area contributed by atoms with Crippen LogP contribution in [0.15, 0.2) is 48.5 Å². The zero-order chi connectivity index (χ0) is 14.7. The van der Waals surface area contributed by atoms with Gasteiger partial charge in [0.15, 0.2) is 12.7 Å². The molecule has 5 heteroatoms. The third-order valence-electron chi connectivity index (χ3n) is 3.25. The van der Waals surface area contributed by atoms with Crippen molar-refractivity contribution < 1.29 is 14.3 Å². The molecule has 1 aliphatic rings. The highest BCUT2D eigenvalue weighted by Crippen LogP contribution is 2.28. The van der Waals surface area contributed by atoms with Crippen molar-refractivity contribution in [2.24, 2.45) is 0 Å². The van der Waals surface area contributed by atoms with E-state index in [-0.39, 0.29) is 12.4 Å². The summed E-state index contributed by atoms with van der Waals surface area (Å²) in [5, 5.41) is 3.18. The van der Waals surface area contributed by atoms with E-state index < -0.39 is 6.10 Å². The Morgan fingerprint density at radius 1 is 1.24 bits per heavy atom. The van der Waals surface area contributed by atoms with Crippen LogP contribution in [0, 0.1) is 0 Å². The third-order valence-corrected chi connectivity index (χ3v) is 3.25. The van der Waals surface area contributed by atoms with Gasteiger partial charge in [0.1, 0.15) is 11.5 Å². The summed E-state index contributed by atoms with van der Waals surface area (Å²) in [7, 11) is 0. The smallest absolute Gasteiger partial charge is 0.212 e. The molecule has 3 N–H and O–H groups in total. The highest BCUT2D eigenvalue weighted by molar-refractivity contribution is 5.86. The number of nitrogens with two attached hydrogens (primary N) is 1. The average Bonchev–Trinajstić information content (AvgIpc) is 2.53. The Bertz CT molecular complexity index is 640. The molecule has 0 amide bonds. The largest absolute Gasteiger partial charge is 0.486 e. The second-order valence-corrected chi connectivity index (χ2v) is 4.81. The van der Waals surface area contributed by atoms with Gasteiger partial charge in [0.2, 0.25) is 5.78 Å². The van der Waals surface area contributed by atoms with Gasteiger partial charge in [0, 0.05) is 5.69 Å². The van der Waals surface area contributed by atoms with E-state index in [0.29, 0.717) is 23.7 Å². The summed E-state index contributed by atoms with van der Waals surface area (Å²) in [6.45, 7) is 0.416. The minimum atomic E-state index is -0.534. The van der Waals surface area contributed by atoms with Gasteiger partial charge >= 0.3 is 0 Å². The zero-order valence-electron chi connectivity index (χ0n) is 11.4. The Kier molecular flexibility index (Phi) is 3.64. The number of carbonyl (C=O) groups excluding carboxylic acids is 1. The Balaban J connectivity index is 1.58. The van der Waals surface area contributed by atoms with Gasteiger partial charge in [-0.15, -0.1) is 0 Å². The monoisotopic (exact) mass is 284 g/mol. The minimum absolute atomic E-state index is 0.0293. The number of carbonyl (C=O) groups is 1. The molecule has 0 aliphatic carbocycles. The Morgan fingerprint density at radius 3 is 2.81 bits per heavy atom. The van der Waals surface area contributed by atoms with Crippen LogP contribution in [0.1, 0.15) is 0 Å². The fourth-order valence-corrected chi connectivity index (χ4v) is 2.10. The maximum atomic E-state index is 12.1. The number of Topliss-reactive ketones (excluding diaryl/α,β-unsaturated/α-hetero) is 1. The molecule has 0 aromatic heterocycles. The standard InChI is InChI=1S/C16H16N2O3/c17-11-5-7-12(8-6-11)20-10-14(19)16-9-18-13-3-1-2-4-15(13)21-16/h1-8,16,18H,9-10,17H2. The van der Waals surface area contributed by atoms with E-state index in [1.54, 1.807) is 24.3 Å². The molecular formula is C16H16N2O3. The molecule has 2 aromatic rings. The minimum Gasteiger partial charge on any atom is -0.486 e. The molecule has 0 bridgehead atoms. The highest BCUT2D eigenvalue weighted by Gasteiger charge is 2.25. The quantitative estimate of drug-likeness (QED) is 0.841. The van der Waals surface area contributed by atoms with Crippen LogP contribution in [-0.4, -0.2) is 25.0 Å². The number of nitrogen functional groups attached to an aromatic ring is 1. The molecule has 1 aliphatic heterocycles. The second-order valence-electron chi connectivity index (χ2n) is 4.81. The van der Waals surface area contributed by atoms with Crippen molar-refractivity contribution in [1.29, 1.82) is 0 Å². The van der Waals surface area contributed by atoms with Crippen molar-refractivity contribution in [3.05, 3.63) is 48.5 Å². The first-order chi connectivity index (χ1) is 10.2. The molecule has 5 nitrogen and oxygen atoms in total. The summed E-state index contributed by atoms with van der Waals surface area (Å²) >= 11 is 0. The van der Waals surface area contributed by atoms with Crippen LogP contribution in [0.5, 0.6) is 11.5 Å². The Morgan fingerprint density at radius 2 is 2.00 bits per heavy atom. The fraction of sp³-hybridized carbons (Fsp3) is 0.188. The predicted molar refractivity (Wildman–Crippen MR) is 80.7 cm³/mol. The number of ketones is 1. The van der Waals surface area contributed by atoms with Crippen LogP contribution in [0.2, 0.25) is 0 Å². The first kappa shape index (κ1) is 13.3. The Hall–Kier alpha value is -2.69. The normalized spacial score (nSPS) is 16.3. The molecule has 0 saturated carbocycles. The van der Waals surface area contributed by atoms with E-state index in [2.05, 4.69) is 5.32 Å². The summed E-state index contributed by atoms with van der Waals surface area (Å²) in [5.41, 5.74) is 7.16. The van der Waals surface area contributed by atoms with Gasteiger partial charge < -0.3 is 20.5 Å². The molecule has 2 aromatic carbocycles. The summed E-state index contributed by atoms with van der Waals surface area (Å²) in [4.78, 5) is 12.1. The van der Waals surface area contributed by atoms with Crippen LogP contribution in [0.25, 0.3) is 0 Å². The number of ether oxygens (including phenoxy) is 2. The van der Waals surface area contributed by atoms with Gasteiger partial charge in [0.05, 0.1) is 12.2 Å². The third kappa shape index (κ3) is 3.08. The molecule has 0 spiro atoms. The maximum Gasteiger partial charge on any atom is 0.212 e. The summed E-state index contributed by atoms with van der Waals surface area (Å²) < 4.78 is 11.1. The predicted octanol–water partition coefficient (Wildman–Crippen LogP) is 2.09. The fourth-order valence-electron chi connectivity index (χ4n) is 2.10. The van der Waals surface area contributed by atoms with Crippen LogP contribution < -0.4 is 20.5 Å². The average molecular weight is 284 g/mol.